The zero-order valence-corrected chi connectivity index (χ0v) is 5.02. The molecule has 0 aliphatic heterocycles. The summed E-state index contributed by atoms with van der Waals surface area (Å²) in [5.41, 5.74) is 0. The van der Waals surface area contributed by atoms with Gasteiger partial charge in [-0.1, -0.05) is 6.92 Å². The Morgan fingerprint density at radius 2 is 2.14 bits per heavy atom. The molecule has 0 N–H and O–H groups in total. The molecule has 42 valence electrons. The van der Waals surface area contributed by atoms with Crippen LogP contribution < -0.4 is 0 Å². The van der Waals surface area contributed by atoms with E-state index in [1.165, 1.54) is 7.11 Å². The van der Waals surface area contributed by atoms with E-state index >= 15 is 0 Å². The van der Waals surface area contributed by atoms with E-state index in [1.807, 2.05) is 6.92 Å². The summed E-state index contributed by atoms with van der Waals surface area (Å²) >= 11 is 0. The molecule has 7 heavy (non-hydrogen) atoms. The fourth-order valence-corrected chi connectivity index (χ4v) is 0.433. The van der Waals surface area contributed by atoms with Crippen molar-refractivity contribution in [1.82, 2.24) is 0 Å². The van der Waals surface area contributed by atoms with E-state index in [0.29, 0.717) is 6.16 Å². The van der Waals surface area contributed by atoms with Gasteiger partial charge >= 0.3 is 37.7 Å². The van der Waals surface area contributed by atoms with Gasteiger partial charge in [0.05, 0.1) is 0 Å². The van der Waals surface area contributed by atoms with Gasteiger partial charge in [-0.2, -0.15) is 0 Å². The molecule has 0 rings (SSSR count). The van der Waals surface area contributed by atoms with Crippen molar-refractivity contribution in [3.8, 4) is 0 Å². The molecular formula is C3H11CaO2P. The summed E-state index contributed by atoms with van der Waals surface area (Å²) in [7, 11) is -0.155. The van der Waals surface area contributed by atoms with Crippen molar-refractivity contribution >= 4 is 45.8 Å². The van der Waals surface area contributed by atoms with E-state index in [4.69, 9.17) is 0 Å². The molecule has 0 saturated heterocycles. The molecule has 0 aromatic rings. The predicted octanol–water partition coefficient (Wildman–Crippen LogP) is 0.211. The van der Waals surface area contributed by atoms with Crippen LogP contribution in [0.4, 0.5) is 0 Å². The van der Waals surface area contributed by atoms with Crippen molar-refractivity contribution < 1.29 is 9.09 Å². The van der Waals surface area contributed by atoms with Gasteiger partial charge in [-0.25, -0.2) is 0 Å². The Morgan fingerprint density at radius 3 is 2.14 bits per heavy atom. The molecule has 0 heterocycles. The summed E-state index contributed by atoms with van der Waals surface area (Å²) in [5, 5.41) is 0. The fourth-order valence-electron chi connectivity index (χ4n) is 0.144. The molecule has 0 aliphatic carbocycles. The zero-order valence-electron chi connectivity index (χ0n) is 4.02. The molecule has 0 spiro atoms. The van der Waals surface area contributed by atoms with E-state index in [-0.39, 0.29) is 37.7 Å². The second-order valence-electron chi connectivity index (χ2n) is 0.930. The standard InChI is InChI=1S/C3H9O2P.Ca.2H/c1-3-6(4)5-2;;;/h6H,3H2,1-2H3;;;. The van der Waals surface area contributed by atoms with Crippen LogP contribution in [0.25, 0.3) is 0 Å². The van der Waals surface area contributed by atoms with Gasteiger partial charge in [0.15, 0.2) is 8.03 Å². The number of rotatable bonds is 2. The third kappa shape index (κ3) is 7.45. The Hall–Kier alpha value is 1.45. The minimum absolute atomic E-state index is 0. The van der Waals surface area contributed by atoms with Crippen LogP contribution in [0.5, 0.6) is 0 Å². The van der Waals surface area contributed by atoms with E-state index in [9.17, 15) is 4.57 Å². The van der Waals surface area contributed by atoms with Crippen LogP contribution in [0.2, 0.25) is 0 Å². The molecule has 0 saturated carbocycles. The Morgan fingerprint density at radius 1 is 1.71 bits per heavy atom. The monoisotopic (exact) mass is 150 g/mol. The summed E-state index contributed by atoms with van der Waals surface area (Å²) in [6, 6.07) is 0. The zero-order chi connectivity index (χ0) is 4.99. The Kier molecular flexibility index (Phi) is 12.0. The molecule has 1 unspecified atom stereocenters. The van der Waals surface area contributed by atoms with Gasteiger partial charge in [0.2, 0.25) is 0 Å². The van der Waals surface area contributed by atoms with Crippen LogP contribution in [0.3, 0.4) is 0 Å². The van der Waals surface area contributed by atoms with Crippen molar-refractivity contribution in [2.45, 2.75) is 6.92 Å². The Bertz CT molecular complexity index is 50.9. The molecule has 0 bridgehead atoms. The van der Waals surface area contributed by atoms with Crippen LogP contribution in [-0.4, -0.2) is 51.0 Å². The maximum atomic E-state index is 10.1. The van der Waals surface area contributed by atoms with Gasteiger partial charge < -0.3 is 4.52 Å². The number of hydrogen-bond acceptors (Lipinski definition) is 2. The van der Waals surface area contributed by atoms with Crippen molar-refractivity contribution in [2.75, 3.05) is 13.3 Å². The first-order valence-corrected chi connectivity index (χ1v) is 3.40. The first kappa shape index (κ1) is 11.3. The second-order valence-corrected chi connectivity index (χ2v) is 2.79. The van der Waals surface area contributed by atoms with Crippen LogP contribution in [0.15, 0.2) is 0 Å². The fraction of sp³-hybridized carbons (Fsp3) is 1.00. The average molecular weight is 150 g/mol. The Labute approximate surface area is 74.5 Å². The minimum atomic E-state index is -1.62. The third-order valence-electron chi connectivity index (χ3n) is 0.516. The average Bonchev–Trinajstić information content (AvgIpc) is 1.65. The molecule has 0 amide bonds. The Balaban J connectivity index is 0. The van der Waals surface area contributed by atoms with Crippen molar-refractivity contribution in [3.05, 3.63) is 0 Å². The summed E-state index contributed by atoms with van der Waals surface area (Å²) < 4.78 is 14.6. The summed E-state index contributed by atoms with van der Waals surface area (Å²) in [6.45, 7) is 1.84. The first-order valence-electron chi connectivity index (χ1n) is 1.88. The molecule has 2 nitrogen and oxygen atoms in total. The molecule has 0 aromatic carbocycles. The van der Waals surface area contributed by atoms with Crippen molar-refractivity contribution in [3.63, 3.8) is 0 Å². The van der Waals surface area contributed by atoms with Gasteiger partial charge in [-0.05, 0) is 0 Å². The van der Waals surface area contributed by atoms with Crippen LogP contribution in [0, 0.1) is 0 Å². The van der Waals surface area contributed by atoms with Crippen LogP contribution in [0.1, 0.15) is 6.92 Å². The summed E-state index contributed by atoms with van der Waals surface area (Å²) in [6.07, 6.45) is 0.654. The van der Waals surface area contributed by atoms with E-state index in [1.54, 1.807) is 0 Å². The predicted molar refractivity (Wildman–Crippen MR) is 35.1 cm³/mol. The van der Waals surface area contributed by atoms with Gasteiger partial charge in [0, 0.05) is 13.3 Å². The molecule has 4 heteroatoms. The normalized spacial score (nSPS) is 12.3. The molecule has 1 atom stereocenters. The van der Waals surface area contributed by atoms with Gasteiger partial charge in [-0.3, -0.25) is 4.57 Å². The molecule has 0 aliphatic rings. The molecular weight excluding hydrogens is 139 g/mol. The molecule has 0 fully saturated rings. The van der Waals surface area contributed by atoms with Crippen LogP contribution >= 0.6 is 8.03 Å². The van der Waals surface area contributed by atoms with E-state index < -0.39 is 8.03 Å². The molecule has 0 radical (unpaired) electrons. The third-order valence-corrected chi connectivity index (χ3v) is 1.55. The number of hydrogen-bond donors (Lipinski definition) is 0. The SMILES string of the molecule is CC[PH](=O)OC.[CaH2]. The molecule has 0 aromatic heterocycles. The summed E-state index contributed by atoms with van der Waals surface area (Å²) in [5.74, 6) is 0. The van der Waals surface area contributed by atoms with E-state index in [0.717, 1.165) is 0 Å². The maximum absolute atomic E-state index is 10.1. The van der Waals surface area contributed by atoms with Crippen LogP contribution in [-0.2, 0) is 9.09 Å². The van der Waals surface area contributed by atoms with E-state index in [2.05, 4.69) is 4.52 Å². The quantitative estimate of drug-likeness (QED) is 0.415. The van der Waals surface area contributed by atoms with Gasteiger partial charge in [0.1, 0.15) is 0 Å². The topological polar surface area (TPSA) is 26.3 Å². The van der Waals surface area contributed by atoms with Gasteiger partial charge in [0.25, 0.3) is 0 Å². The summed E-state index contributed by atoms with van der Waals surface area (Å²) in [4.78, 5) is 0. The second kappa shape index (κ2) is 7.45. The van der Waals surface area contributed by atoms with Crippen molar-refractivity contribution in [2.24, 2.45) is 0 Å². The van der Waals surface area contributed by atoms with Crippen molar-refractivity contribution in [1.29, 1.82) is 0 Å². The van der Waals surface area contributed by atoms with Gasteiger partial charge in [-0.15, -0.1) is 0 Å². The first-order chi connectivity index (χ1) is 2.81.